The molecule has 0 spiro atoms. The molecule has 12 heavy (non-hydrogen) atoms. The molecule has 0 aliphatic heterocycles. The van der Waals surface area contributed by atoms with Crippen LogP contribution < -0.4 is 5.73 Å². The molecule has 0 aromatic carbocycles. The summed E-state index contributed by atoms with van der Waals surface area (Å²) < 4.78 is 24.6. The van der Waals surface area contributed by atoms with Gasteiger partial charge in [0.2, 0.25) is 0 Å². The summed E-state index contributed by atoms with van der Waals surface area (Å²) in [5, 5.41) is -0.230. The lowest BCUT2D eigenvalue weighted by Crippen LogP contribution is -1.95. The van der Waals surface area contributed by atoms with Crippen LogP contribution >= 0.6 is 27.5 Å². The number of nitrogens with two attached hydrogens (primary N) is 1. The lowest BCUT2D eigenvalue weighted by molar-refractivity contribution is 0.151. The molecule has 0 aliphatic rings. The zero-order valence-corrected chi connectivity index (χ0v) is 8.03. The Bertz CT molecular complexity index is 306. The van der Waals surface area contributed by atoms with Crippen molar-refractivity contribution in [2.24, 2.45) is 0 Å². The number of hydrogen-bond donors (Lipinski definition) is 1. The highest BCUT2D eigenvalue weighted by molar-refractivity contribution is 9.10. The fraction of sp³-hybridized carbons (Fsp3) is 0.167. The maximum absolute atomic E-state index is 12.1. The van der Waals surface area contributed by atoms with Crippen LogP contribution in [0.5, 0.6) is 0 Å². The molecule has 66 valence electrons. The zero-order chi connectivity index (χ0) is 9.30. The van der Waals surface area contributed by atoms with Gasteiger partial charge < -0.3 is 5.73 Å². The van der Waals surface area contributed by atoms with Crippen molar-refractivity contribution in [1.82, 2.24) is 4.98 Å². The summed E-state index contributed by atoms with van der Waals surface area (Å²) in [7, 11) is 0. The molecule has 0 radical (unpaired) electrons. The number of anilines is 1. The SMILES string of the molecule is Nc1cc(C(F)F)c(Cl)nc1Br. The van der Waals surface area contributed by atoms with Crippen LogP contribution in [0.1, 0.15) is 12.0 Å². The van der Waals surface area contributed by atoms with Gasteiger partial charge in [0.15, 0.2) is 0 Å². The number of pyridine rings is 1. The Kier molecular flexibility index (Phi) is 2.85. The fourth-order valence-electron chi connectivity index (χ4n) is 0.655. The van der Waals surface area contributed by atoms with Crippen LogP contribution in [0.2, 0.25) is 5.15 Å². The topological polar surface area (TPSA) is 38.9 Å². The van der Waals surface area contributed by atoms with E-state index < -0.39 is 6.43 Å². The third kappa shape index (κ3) is 1.84. The number of hydrogen-bond acceptors (Lipinski definition) is 2. The number of alkyl halides is 2. The second kappa shape index (κ2) is 3.53. The first-order valence-corrected chi connectivity index (χ1v) is 4.09. The van der Waals surface area contributed by atoms with Crippen molar-refractivity contribution in [1.29, 1.82) is 0 Å². The van der Waals surface area contributed by atoms with E-state index in [1.54, 1.807) is 0 Å². The molecule has 0 amide bonds. The van der Waals surface area contributed by atoms with Gasteiger partial charge in [-0.15, -0.1) is 0 Å². The summed E-state index contributed by atoms with van der Waals surface area (Å²) >= 11 is 8.38. The van der Waals surface area contributed by atoms with E-state index in [9.17, 15) is 8.78 Å². The summed E-state index contributed by atoms with van der Waals surface area (Å²) in [6.45, 7) is 0. The summed E-state index contributed by atoms with van der Waals surface area (Å²) in [5.74, 6) is 0. The molecule has 0 fully saturated rings. The summed E-state index contributed by atoms with van der Waals surface area (Å²) in [5.41, 5.74) is 5.12. The van der Waals surface area contributed by atoms with Crippen molar-refractivity contribution < 1.29 is 8.78 Å². The van der Waals surface area contributed by atoms with Crippen LogP contribution in [0.4, 0.5) is 14.5 Å². The molecule has 0 saturated heterocycles. The van der Waals surface area contributed by atoms with E-state index >= 15 is 0 Å². The molecule has 0 aliphatic carbocycles. The van der Waals surface area contributed by atoms with E-state index in [2.05, 4.69) is 20.9 Å². The lowest BCUT2D eigenvalue weighted by atomic mass is 10.3. The number of rotatable bonds is 1. The van der Waals surface area contributed by atoms with Crippen LogP contribution in [0.25, 0.3) is 0 Å². The minimum atomic E-state index is -2.65. The highest BCUT2D eigenvalue weighted by Crippen LogP contribution is 2.30. The summed E-state index contributed by atoms with van der Waals surface area (Å²) in [6.07, 6.45) is -2.65. The Morgan fingerprint density at radius 2 is 2.17 bits per heavy atom. The van der Waals surface area contributed by atoms with Gasteiger partial charge in [-0.1, -0.05) is 11.6 Å². The van der Waals surface area contributed by atoms with Crippen LogP contribution in [0.3, 0.4) is 0 Å². The van der Waals surface area contributed by atoms with Crippen molar-refractivity contribution in [3.8, 4) is 0 Å². The molecular weight excluding hydrogens is 253 g/mol. The van der Waals surface area contributed by atoms with Gasteiger partial charge in [0.25, 0.3) is 6.43 Å². The molecule has 2 N–H and O–H groups in total. The highest BCUT2D eigenvalue weighted by Gasteiger charge is 2.14. The number of nitrogen functional groups attached to an aromatic ring is 1. The standard InChI is InChI=1S/C6H4BrClF2N2/c7-4-3(11)1-2(6(9)10)5(8)12-4/h1,6H,11H2. The van der Waals surface area contributed by atoms with E-state index in [1.165, 1.54) is 0 Å². The molecule has 1 heterocycles. The molecule has 2 nitrogen and oxygen atoms in total. The second-order valence-electron chi connectivity index (χ2n) is 2.05. The minimum Gasteiger partial charge on any atom is -0.397 e. The Morgan fingerprint density at radius 3 is 2.67 bits per heavy atom. The Hall–Kier alpha value is -0.420. The second-order valence-corrected chi connectivity index (χ2v) is 3.16. The summed E-state index contributed by atoms with van der Waals surface area (Å²) in [4.78, 5) is 3.57. The first-order chi connectivity index (χ1) is 5.52. The van der Waals surface area contributed by atoms with Gasteiger partial charge in [-0.2, -0.15) is 0 Å². The predicted octanol–water partition coefficient (Wildman–Crippen LogP) is 3.02. The molecule has 1 aromatic heterocycles. The third-order valence-electron chi connectivity index (χ3n) is 1.22. The number of halogens is 4. The number of nitrogens with zero attached hydrogens (tertiary/aromatic N) is 1. The van der Waals surface area contributed by atoms with Crippen LogP contribution in [0.15, 0.2) is 10.7 Å². The van der Waals surface area contributed by atoms with Crippen LogP contribution in [-0.2, 0) is 0 Å². The molecular formula is C6H4BrClF2N2. The van der Waals surface area contributed by atoms with Gasteiger partial charge >= 0.3 is 0 Å². The van der Waals surface area contributed by atoms with E-state index in [0.29, 0.717) is 0 Å². The van der Waals surface area contributed by atoms with Crippen molar-refractivity contribution in [2.75, 3.05) is 5.73 Å². The number of aromatic nitrogens is 1. The Balaban J connectivity index is 3.23. The maximum atomic E-state index is 12.1. The van der Waals surface area contributed by atoms with Crippen LogP contribution in [0, 0.1) is 0 Å². The molecule has 0 atom stereocenters. The monoisotopic (exact) mass is 256 g/mol. The average molecular weight is 257 g/mol. The Morgan fingerprint density at radius 1 is 1.58 bits per heavy atom. The molecule has 6 heteroatoms. The quantitative estimate of drug-likeness (QED) is 0.786. The Labute approximate surface area is 80.9 Å². The van der Waals surface area contributed by atoms with Gasteiger partial charge in [0.05, 0.1) is 11.3 Å². The average Bonchev–Trinajstić information content (AvgIpc) is 1.96. The van der Waals surface area contributed by atoms with Gasteiger partial charge in [-0.3, -0.25) is 0 Å². The van der Waals surface area contributed by atoms with Crippen LogP contribution in [-0.4, -0.2) is 4.98 Å². The van der Waals surface area contributed by atoms with E-state index in [1.807, 2.05) is 0 Å². The molecule has 0 unspecified atom stereocenters. The largest absolute Gasteiger partial charge is 0.397 e. The van der Waals surface area contributed by atoms with Crippen molar-refractivity contribution in [3.63, 3.8) is 0 Å². The maximum Gasteiger partial charge on any atom is 0.266 e. The molecule has 0 bridgehead atoms. The van der Waals surface area contributed by atoms with Gasteiger partial charge in [-0.05, 0) is 22.0 Å². The fourth-order valence-corrected chi connectivity index (χ4v) is 1.27. The van der Waals surface area contributed by atoms with E-state index in [-0.39, 0.29) is 21.0 Å². The van der Waals surface area contributed by atoms with Gasteiger partial charge in [0.1, 0.15) is 9.76 Å². The molecule has 0 saturated carbocycles. The molecule has 1 aromatic rings. The normalized spacial score (nSPS) is 10.8. The minimum absolute atomic E-state index is 0.148. The highest BCUT2D eigenvalue weighted by atomic mass is 79.9. The predicted molar refractivity (Wildman–Crippen MR) is 46.3 cm³/mol. The molecule has 1 rings (SSSR count). The van der Waals surface area contributed by atoms with Crippen molar-refractivity contribution in [2.45, 2.75) is 6.43 Å². The third-order valence-corrected chi connectivity index (χ3v) is 2.16. The smallest absolute Gasteiger partial charge is 0.266 e. The van der Waals surface area contributed by atoms with Gasteiger partial charge in [-0.25, -0.2) is 13.8 Å². The van der Waals surface area contributed by atoms with Crippen molar-refractivity contribution in [3.05, 3.63) is 21.4 Å². The van der Waals surface area contributed by atoms with Gasteiger partial charge in [0, 0.05) is 0 Å². The van der Waals surface area contributed by atoms with E-state index in [0.717, 1.165) is 6.07 Å². The first kappa shape index (κ1) is 9.67. The first-order valence-electron chi connectivity index (χ1n) is 2.92. The van der Waals surface area contributed by atoms with Crippen molar-refractivity contribution >= 4 is 33.2 Å². The lowest BCUT2D eigenvalue weighted by Gasteiger charge is -2.04. The zero-order valence-electron chi connectivity index (χ0n) is 5.69. The summed E-state index contributed by atoms with van der Waals surface area (Å²) in [6, 6.07) is 1.10. The van der Waals surface area contributed by atoms with E-state index in [4.69, 9.17) is 17.3 Å².